The number of nitrogens with zero attached hydrogens (tertiary/aromatic N) is 3. The Morgan fingerprint density at radius 2 is 2.04 bits per heavy atom. The number of ether oxygens (including phenoxy) is 1. The van der Waals surface area contributed by atoms with Crippen LogP contribution in [0.5, 0.6) is 0 Å². The van der Waals surface area contributed by atoms with Crippen molar-refractivity contribution in [2.75, 3.05) is 51.3 Å². The maximum absolute atomic E-state index is 11.9. The SMILES string of the molecule is CCCCCNC(=O)c1ccc(NCCN2CCOCC2)nn1. The van der Waals surface area contributed by atoms with E-state index in [-0.39, 0.29) is 5.91 Å². The lowest BCUT2D eigenvalue weighted by molar-refractivity contribution is 0.0398. The van der Waals surface area contributed by atoms with Crippen molar-refractivity contribution in [2.45, 2.75) is 26.2 Å². The molecule has 0 aliphatic carbocycles. The van der Waals surface area contributed by atoms with Crippen LogP contribution < -0.4 is 10.6 Å². The van der Waals surface area contributed by atoms with E-state index in [1.165, 1.54) is 0 Å². The number of nitrogens with one attached hydrogen (secondary N) is 2. The minimum Gasteiger partial charge on any atom is -0.379 e. The molecule has 1 saturated heterocycles. The van der Waals surface area contributed by atoms with Gasteiger partial charge in [-0.2, -0.15) is 0 Å². The van der Waals surface area contributed by atoms with Gasteiger partial charge in [-0.25, -0.2) is 0 Å². The van der Waals surface area contributed by atoms with Gasteiger partial charge in [0.1, 0.15) is 5.82 Å². The number of unbranched alkanes of at least 4 members (excludes halogenated alkanes) is 2. The van der Waals surface area contributed by atoms with Crippen molar-refractivity contribution in [3.8, 4) is 0 Å². The summed E-state index contributed by atoms with van der Waals surface area (Å²) < 4.78 is 5.32. The Kier molecular flexibility index (Phi) is 7.75. The minimum absolute atomic E-state index is 0.159. The molecule has 7 nitrogen and oxygen atoms in total. The van der Waals surface area contributed by atoms with Crippen molar-refractivity contribution in [3.05, 3.63) is 17.8 Å². The summed E-state index contributed by atoms with van der Waals surface area (Å²) in [7, 11) is 0. The smallest absolute Gasteiger partial charge is 0.271 e. The molecule has 2 heterocycles. The third-order valence-corrected chi connectivity index (χ3v) is 3.80. The Bertz CT molecular complexity index is 460. The molecule has 1 aromatic rings. The monoisotopic (exact) mass is 321 g/mol. The van der Waals surface area contributed by atoms with Crippen LogP contribution in [0.2, 0.25) is 0 Å². The summed E-state index contributed by atoms with van der Waals surface area (Å²) in [5.74, 6) is 0.536. The Balaban J connectivity index is 1.67. The third-order valence-electron chi connectivity index (χ3n) is 3.80. The molecule has 2 rings (SSSR count). The first-order valence-electron chi connectivity index (χ1n) is 8.45. The van der Waals surface area contributed by atoms with E-state index in [9.17, 15) is 4.79 Å². The molecule has 0 unspecified atom stereocenters. The molecule has 128 valence electrons. The van der Waals surface area contributed by atoms with Crippen molar-refractivity contribution in [2.24, 2.45) is 0 Å². The molecule has 1 amide bonds. The quantitative estimate of drug-likeness (QED) is 0.664. The maximum atomic E-state index is 11.9. The first kappa shape index (κ1) is 17.6. The second kappa shape index (κ2) is 10.1. The highest BCUT2D eigenvalue weighted by atomic mass is 16.5. The fourth-order valence-electron chi connectivity index (χ4n) is 2.38. The zero-order chi connectivity index (χ0) is 16.3. The average Bonchev–Trinajstić information content (AvgIpc) is 2.60. The van der Waals surface area contributed by atoms with Crippen LogP contribution in [-0.4, -0.2) is 66.9 Å². The number of carbonyl (C=O) groups excluding carboxylic acids is 1. The molecular formula is C16H27N5O2. The van der Waals surface area contributed by atoms with Crippen molar-refractivity contribution in [3.63, 3.8) is 0 Å². The molecule has 1 fully saturated rings. The largest absolute Gasteiger partial charge is 0.379 e. The van der Waals surface area contributed by atoms with Crippen LogP contribution in [0.3, 0.4) is 0 Å². The highest BCUT2D eigenvalue weighted by Crippen LogP contribution is 2.03. The molecule has 0 atom stereocenters. The Labute approximate surface area is 137 Å². The zero-order valence-corrected chi connectivity index (χ0v) is 13.9. The van der Waals surface area contributed by atoms with Crippen LogP contribution >= 0.6 is 0 Å². The second-order valence-corrected chi connectivity index (χ2v) is 5.65. The van der Waals surface area contributed by atoms with E-state index < -0.39 is 0 Å². The van der Waals surface area contributed by atoms with Gasteiger partial charge in [0.15, 0.2) is 5.69 Å². The van der Waals surface area contributed by atoms with Crippen LogP contribution in [0.15, 0.2) is 12.1 Å². The number of rotatable bonds is 9. The lowest BCUT2D eigenvalue weighted by Crippen LogP contribution is -2.39. The molecule has 7 heteroatoms. The van der Waals surface area contributed by atoms with Gasteiger partial charge in [0.2, 0.25) is 0 Å². The van der Waals surface area contributed by atoms with Crippen molar-refractivity contribution >= 4 is 11.7 Å². The van der Waals surface area contributed by atoms with Gasteiger partial charge < -0.3 is 15.4 Å². The van der Waals surface area contributed by atoms with E-state index in [2.05, 4.69) is 32.7 Å². The number of hydrogen-bond donors (Lipinski definition) is 2. The summed E-state index contributed by atoms with van der Waals surface area (Å²) in [4.78, 5) is 14.2. The van der Waals surface area contributed by atoms with E-state index in [4.69, 9.17) is 4.74 Å². The standard InChI is InChI=1S/C16H27N5O2/c1-2-3-4-7-18-16(22)14-5-6-15(20-19-14)17-8-9-21-10-12-23-13-11-21/h5-6H,2-4,7-13H2,1H3,(H,17,20)(H,18,22). The first-order chi connectivity index (χ1) is 11.3. The van der Waals surface area contributed by atoms with Gasteiger partial charge in [0.05, 0.1) is 13.2 Å². The highest BCUT2D eigenvalue weighted by molar-refractivity contribution is 5.92. The van der Waals surface area contributed by atoms with Gasteiger partial charge >= 0.3 is 0 Å². The van der Waals surface area contributed by atoms with Gasteiger partial charge in [0, 0.05) is 32.7 Å². The molecule has 0 radical (unpaired) electrons. The molecule has 2 N–H and O–H groups in total. The van der Waals surface area contributed by atoms with Gasteiger partial charge in [-0.3, -0.25) is 9.69 Å². The van der Waals surface area contributed by atoms with Crippen molar-refractivity contribution in [1.82, 2.24) is 20.4 Å². The third kappa shape index (κ3) is 6.50. The summed E-state index contributed by atoms with van der Waals surface area (Å²) in [5.41, 5.74) is 0.361. The molecule has 1 aliphatic rings. The number of amides is 1. The molecule has 23 heavy (non-hydrogen) atoms. The number of morpholine rings is 1. The Hall–Kier alpha value is -1.73. The minimum atomic E-state index is -0.159. The van der Waals surface area contributed by atoms with Crippen molar-refractivity contribution < 1.29 is 9.53 Å². The lowest BCUT2D eigenvalue weighted by atomic mass is 10.2. The van der Waals surface area contributed by atoms with Gasteiger partial charge in [0.25, 0.3) is 5.91 Å². The zero-order valence-electron chi connectivity index (χ0n) is 13.9. The molecular weight excluding hydrogens is 294 g/mol. The molecule has 0 saturated carbocycles. The normalized spacial score (nSPS) is 15.3. The van der Waals surface area contributed by atoms with Crippen LogP contribution in [-0.2, 0) is 4.74 Å². The molecule has 0 bridgehead atoms. The summed E-state index contributed by atoms with van der Waals surface area (Å²) >= 11 is 0. The predicted octanol–water partition coefficient (Wildman–Crippen LogP) is 1.14. The molecule has 1 aliphatic heterocycles. The first-order valence-corrected chi connectivity index (χ1v) is 8.45. The van der Waals surface area contributed by atoms with Crippen LogP contribution in [0.25, 0.3) is 0 Å². The fourth-order valence-corrected chi connectivity index (χ4v) is 2.38. The van der Waals surface area contributed by atoms with Gasteiger partial charge in [-0.15, -0.1) is 10.2 Å². The summed E-state index contributed by atoms with van der Waals surface area (Å²) in [6, 6.07) is 3.51. The summed E-state index contributed by atoms with van der Waals surface area (Å²) in [6.07, 6.45) is 3.26. The van der Waals surface area contributed by atoms with Crippen LogP contribution in [0.4, 0.5) is 5.82 Å². The average molecular weight is 321 g/mol. The maximum Gasteiger partial charge on any atom is 0.271 e. The summed E-state index contributed by atoms with van der Waals surface area (Å²) in [6.45, 7) is 8.15. The Morgan fingerprint density at radius 1 is 1.22 bits per heavy atom. The van der Waals surface area contributed by atoms with E-state index in [1.807, 2.05) is 0 Å². The molecule has 0 aromatic carbocycles. The fraction of sp³-hybridized carbons (Fsp3) is 0.688. The predicted molar refractivity (Wildman–Crippen MR) is 89.6 cm³/mol. The number of hydrogen-bond acceptors (Lipinski definition) is 6. The van der Waals surface area contributed by atoms with Crippen LogP contribution in [0, 0.1) is 0 Å². The number of anilines is 1. The van der Waals surface area contributed by atoms with Gasteiger partial charge in [-0.05, 0) is 18.6 Å². The number of carbonyl (C=O) groups is 1. The van der Waals surface area contributed by atoms with Crippen LogP contribution in [0.1, 0.15) is 36.7 Å². The van der Waals surface area contributed by atoms with Gasteiger partial charge in [-0.1, -0.05) is 19.8 Å². The number of aromatic nitrogens is 2. The van der Waals surface area contributed by atoms with E-state index in [0.29, 0.717) is 18.1 Å². The molecule has 0 spiro atoms. The lowest BCUT2D eigenvalue weighted by Gasteiger charge is -2.26. The van der Waals surface area contributed by atoms with E-state index in [0.717, 1.165) is 58.7 Å². The molecule has 1 aromatic heterocycles. The summed E-state index contributed by atoms with van der Waals surface area (Å²) in [5, 5.41) is 14.1. The van der Waals surface area contributed by atoms with Crippen molar-refractivity contribution in [1.29, 1.82) is 0 Å². The van der Waals surface area contributed by atoms with E-state index >= 15 is 0 Å². The van der Waals surface area contributed by atoms with E-state index in [1.54, 1.807) is 12.1 Å². The second-order valence-electron chi connectivity index (χ2n) is 5.65. The Morgan fingerprint density at radius 3 is 2.74 bits per heavy atom. The topological polar surface area (TPSA) is 79.4 Å². The highest BCUT2D eigenvalue weighted by Gasteiger charge is 2.10.